The first kappa shape index (κ1) is 16.2. The van der Waals surface area contributed by atoms with E-state index in [9.17, 15) is 14.5 Å². The summed E-state index contributed by atoms with van der Waals surface area (Å²) in [6, 6.07) is 0. The number of aldehydes is 1. The number of aromatic nitrogens is 1. The number of hydrogen-bond donors (Lipinski definition) is 3. The van der Waals surface area contributed by atoms with Crippen molar-refractivity contribution in [2.75, 3.05) is 0 Å². The van der Waals surface area contributed by atoms with Crippen LogP contribution < -0.4 is 0 Å². The molecule has 1 aromatic heterocycles. The molecule has 1 rings (SSSR count). The van der Waals surface area contributed by atoms with E-state index >= 15 is 0 Å². The summed E-state index contributed by atoms with van der Waals surface area (Å²) in [4.78, 5) is 31.4. The monoisotopic (exact) mass is 310 g/mol. The van der Waals surface area contributed by atoms with Gasteiger partial charge in [0.05, 0.1) is 17.9 Å². The predicted octanol–water partition coefficient (Wildman–Crippen LogP) is 0.515. The van der Waals surface area contributed by atoms with Gasteiger partial charge in [0.25, 0.3) is 0 Å². The molecule has 7 nitrogen and oxygen atoms in total. The molecular formula is C8H10CuNO6P. The molecule has 0 saturated heterocycles. The minimum Gasteiger partial charge on any atom is -0.505 e. The number of phosphoric ester groups is 1. The van der Waals surface area contributed by atoms with Gasteiger partial charge in [0, 0.05) is 28.8 Å². The predicted molar refractivity (Wildman–Crippen MR) is 52.9 cm³/mol. The van der Waals surface area contributed by atoms with E-state index in [0.717, 1.165) is 0 Å². The number of rotatable bonds is 4. The SMILES string of the molecule is Cc1ncc(COP(=O)(O)O)c(C=O)c1O.[Cu]. The van der Waals surface area contributed by atoms with Crippen molar-refractivity contribution >= 4 is 14.1 Å². The number of hydrogen-bond acceptors (Lipinski definition) is 5. The van der Waals surface area contributed by atoms with Gasteiger partial charge in [-0.2, -0.15) is 0 Å². The molecule has 0 aliphatic carbocycles. The smallest absolute Gasteiger partial charge is 0.469 e. The Bertz CT molecular complexity index is 460. The normalized spacial score (nSPS) is 10.8. The van der Waals surface area contributed by atoms with Crippen molar-refractivity contribution in [3.05, 3.63) is 23.0 Å². The van der Waals surface area contributed by atoms with Gasteiger partial charge in [-0.15, -0.1) is 0 Å². The number of carbonyl (C=O) groups excluding carboxylic acids is 1. The van der Waals surface area contributed by atoms with Crippen LogP contribution in [0.2, 0.25) is 0 Å². The summed E-state index contributed by atoms with van der Waals surface area (Å²) in [6.45, 7) is 0.995. The Morgan fingerprint density at radius 1 is 1.53 bits per heavy atom. The van der Waals surface area contributed by atoms with Crippen molar-refractivity contribution in [2.24, 2.45) is 0 Å². The zero-order chi connectivity index (χ0) is 12.3. The second-order valence-corrected chi connectivity index (χ2v) is 4.25. The standard InChI is InChI=1S/C8H10NO6P.Cu/c1-5-8(11)7(3-10)6(2-9-5)4-15-16(12,13)14;/h2-3,11H,4H2,1H3,(H2,12,13,14);. The fourth-order valence-electron chi connectivity index (χ4n) is 1.05. The minimum absolute atomic E-state index is 0. The summed E-state index contributed by atoms with van der Waals surface area (Å²) in [5.74, 6) is -0.318. The van der Waals surface area contributed by atoms with Crippen molar-refractivity contribution in [3.63, 3.8) is 0 Å². The molecule has 1 heterocycles. The van der Waals surface area contributed by atoms with Crippen LogP contribution in [0.5, 0.6) is 5.75 Å². The van der Waals surface area contributed by atoms with Gasteiger partial charge in [0.15, 0.2) is 6.29 Å². The van der Waals surface area contributed by atoms with Gasteiger partial charge in [-0.3, -0.25) is 14.3 Å². The molecule has 0 unspecified atom stereocenters. The third kappa shape index (κ3) is 4.55. The van der Waals surface area contributed by atoms with Crippen LogP contribution in [0.15, 0.2) is 6.20 Å². The van der Waals surface area contributed by atoms with E-state index in [2.05, 4.69) is 9.51 Å². The van der Waals surface area contributed by atoms with Crippen molar-refractivity contribution in [1.29, 1.82) is 0 Å². The van der Waals surface area contributed by atoms with E-state index in [1.54, 1.807) is 0 Å². The first-order valence-electron chi connectivity index (χ1n) is 4.18. The maximum Gasteiger partial charge on any atom is 0.469 e. The second-order valence-electron chi connectivity index (χ2n) is 3.01. The van der Waals surface area contributed by atoms with Crippen LogP contribution in [0.3, 0.4) is 0 Å². The van der Waals surface area contributed by atoms with Gasteiger partial charge in [-0.25, -0.2) is 4.57 Å². The van der Waals surface area contributed by atoms with Crippen LogP contribution in [0, 0.1) is 6.92 Å². The fourth-order valence-corrected chi connectivity index (χ4v) is 1.36. The molecule has 0 aliphatic heterocycles. The van der Waals surface area contributed by atoms with Crippen molar-refractivity contribution in [2.45, 2.75) is 13.5 Å². The Labute approximate surface area is 108 Å². The van der Waals surface area contributed by atoms with E-state index in [1.807, 2.05) is 0 Å². The van der Waals surface area contributed by atoms with Gasteiger partial charge < -0.3 is 14.9 Å². The average Bonchev–Trinajstić information content (AvgIpc) is 2.18. The van der Waals surface area contributed by atoms with E-state index in [1.165, 1.54) is 13.1 Å². The zero-order valence-electron chi connectivity index (χ0n) is 8.62. The third-order valence-corrected chi connectivity index (χ3v) is 2.33. The number of carbonyl (C=O) groups is 1. The van der Waals surface area contributed by atoms with Crippen LogP contribution in [0.1, 0.15) is 21.6 Å². The Hall–Kier alpha value is -0.751. The Balaban J connectivity index is 0.00000256. The maximum atomic E-state index is 10.7. The van der Waals surface area contributed by atoms with E-state index < -0.39 is 14.4 Å². The number of nitrogens with zero attached hydrogens (tertiary/aromatic N) is 1. The molecule has 1 aromatic rings. The molecule has 0 aliphatic rings. The molecule has 0 bridgehead atoms. The van der Waals surface area contributed by atoms with Gasteiger partial charge in [0.2, 0.25) is 0 Å². The summed E-state index contributed by atoms with van der Waals surface area (Å²) in [6.07, 6.45) is 1.59. The fraction of sp³-hybridized carbons (Fsp3) is 0.250. The van der Waals surface area contributed by atoms with Crippen LogP contribution in [-0.4, -0.2) is 26.2 Å². The van der Waals surface area contributed by atoms with E-state index in [0.29, 0.717) is 6.29 Å². The number of pyridine rings is 1. The van der Waals surface area contributed by atoms with Crippen molar-refractivity contribution in [1.82, 2.24) is 4.98 Å². The Morgan fingerprint density at radius 3 is 2.59 bits per heavy atom. The van der Waals surface area contributed by atoms with Gasteiger partial charge >= 0.3 is 7.82 Å². The summed E-state index contributed by atoms with van der Waals surface area (Å²) in [7, 11) is -4.61. The first-order valence-corrected chi connectivity index (χ1v) is 5.71. The summed E-state index contributed by atoms with van der Waals surface area (Å²) in [5.41, 5.74) is 0.282. The Kier molecular flexibility index (Phi) is 5.98. The molecular weight excluding hydrogens is 301 g/mol. The molecule has 3 N–H and O–H groups in total. The molecule has 1 radical (unpaired) electrons. The molecule has 9 heteroatoms. The maximum absolute atomic E-state index is 10.7. The number of aromatic hydroxyl groups is 1. The Morgan fingerprint density at radius 2 is 2.12 bits per heavy atom. The van der Waals surface area contributed by atoms with E-state index in [4.69, 9.17) is 9.79 Å². The first-order chi connectivity index (χ1) is 7.35. The summed E-state index contributed by atoms with van der Waals surface area (Å²) in [5, 5.41) is 9.46. The molecule has 0 saturated carbocycles. The second kappa shape index (κ2) is 6.25. The molecule has 0 spiro atoms. The van der Waals surface area contributed by atoms with Crippen molar-refractivity contribution < 1.29 is 45.8 Å². The molecule has 0 fully saturated rings. The molecule has 0 aromatic carbocycles. The quantitative estimate of drug-likeness (QED) is 0.421. The molecule has 0 atom stereocenters. The molecule has 0 amide bonds. The zero-order valence-corrected chi connectivity index (χ0v) is 10.5. The summed E-state index contributed by atoms with van der Waals surface area (Å²) >= 11 is 0. The largest absolute Gasteiger partial charge is 0.505 e. The third-order valence-electron chi connectivity index (χ3n) is 1.86. The van der Waals surface area contributed by atoms with Crippen LogP contribution in [0.25, 0.3) is 0 Å². The summed E-state index contributed by atoms with van der Waals surface area (Å²) < 4.78 is 14.7. The van der Waals surface area contributed by atoms with Gasteiger partial charge in [-0.05, 0) is 6.92 Å². The van der Waals surface area contributed by atoms with Gasteiger partial charge in [0.1, 0.15) is 5.75 Å². The van der Waals surface area contributed by atoms with Gasteiger partial charge in [-0.1, -0.05) is 0 Å². The molecule has 99 valence electrons. The van der Waals surface area contributed by atoms with Crippen LogP contribution in [-0.2, 0) is 32.8 Å². The number of aryl methyl sites for hydroxylation is 1. The minimum atomic E-state index is -4.61. The average molecular weight is 311 g/mol. The van der Waals surface area contributed by atoms with E-state index in [-0.39, 0.29) is 39.6 Å². The number of phosphoric acid groups is 1. The van der Waals surface area contributed by atoms with Crippen LogP contribution >= 0.6 is 7.82 Å². The topological polar surface area (TPSA) is 117 Å². The van der Waals surface area contributed by atoms with Crippen LogP contribution in [0.4, 0.5) is 0 Å². The molecule has 17 heavy (non-hydrogen) atoms. The van der Waals surface area contributed by atoms with Crippen molar-refractivity contribution in [3.8, 4) is 5.75 Å².